The molecular weight excluding hydrogens is 360 g/mol. The zero-order chi connectivity index (χ0) is 18.0. The van der Waals surface area contributed by atoms with Crippen molar-refractivity contribution in [1.29, 1.82) is 0 Å². The molecular formula is C18H15ClN2O3S. The smallest absolute Gasteiger partial charge is 0.281 e. The van der Waals surface area contributed by atoms with E-state index in [4.69, 9.17) is 33.3 Å². The number of carbonyl (C=O) groups is 1. The number of hydrogen-bond acceptors (Lipinski definition) is 4. The van der Waals surface area contributed by atoms with Crippen LogP contribution in [0.25, 0.3) is 6.08 Å². The molecule has 1 aliphatic heterocycles. The maximum absolute atomic E-state index is 12.7. The Morgan fingerprint density at radius 3 is 2.48 bits per heavy atom. The van der Waals surface area contributed by atoms with Crippen LogP contribution in [0.4, 0.5) is 5.69 Å². The molecule has 0 bridgehead atoms. The highest BCUT2D eigenvalue weighted by Crippen LogP contribution is 2.29. The molecule has 2 aromatic carbocycles. The lowest BCUT2D eigenvalue weighted by Gasteiger charge is -2.13. The van der Waals surface area contributed by atoms with E-state index in [9.17, 15) is 4.79 Å². The summed E-state index contributed by atoms with van der Waals surface area (Å²) in [6, 6.07) is 12.3. The zero-order valence-electron chi connectivity index (χ0n) is 13.6. The quantitative estimate of drug-likeness (QED) is 0.654. The minimum atomic E-state index is -0.245. The molecule has 3 rings (SSSR count). The van der Waals surface area contributed by atoms with Crippen LogP contribution >= 0.6 is 23.8 Å². The number of amides is 1. The van der Waals surface area contributed by atoms with Gasteiger partial charge in [-0.1, -0.05) is 11.6 Å². The molecule has 25 heavy (non-hydrogen) atoms. The van der Waals surface area contributed by atoms with Gasteiger partial charge in [-0.25, -0.2) is 0 Å². The van der Waals surface area contributed by atoms with E-state index < -0.39 is 0 Å². The van der Waals surface area contributed by atoms with E-state index in [0.29, 0.717) is 33.0 Å². The molecule has 0 aromatic heterocycles. The molecule has 0 radical (unpaired) electrons. The Balaban J connectivity index is 1.94. The molecule has 1 fully saturated rings. The Labute approximate surface area is 155 Å². The van der Waals surface area contributed by atoms with Crippen molar-refractivity contribution in [3.63, 3.8) is 0 Å². The van der Waals surface area contributed by atoms with Crippen LogP contribution in [0.3, 0.4) is 0 Å². The molecule has 0 spiro atoms. The normalized spacial score (nSPS) is 15.5. The highest BCUT2D eigenvalue weighted by atomic mass is 35.5. The molecule has 1 heterocycles. The summed E-state index contributed by atoms with van der Waals surface area (Å²) < 4.78 is 10.5. The van der Waals surface area contributed by atoms with Gasteiger partial charge in [0.05, 0.1) is 19.9 Å². The number of rotatable bonds is 4. The summed E-state index contributed by atoms with van der Waals surface area (Å²) in [6.45, 7) is 0. The van der Waals surface area contributed by atoms with Gasteiger partial charge >= 0.3 is 0 Å². The second kappa shape index (κ2) is 7.13. The number of thiocarbonyl (C=S) groups is 1. The van der Waals surface area contributed by atoms with Gasteiger partial charge in [0.25, 0.3) is 5.91 Å². The van der Waals surface area contributed by atoms with E-state index in [2.05, 4.69) is 5.32 Å². The van der Waals surface area contributed by atoms with Crippen LogP contribution in [0.5, 0.6) is 11.5 Å². The van der Waals surface area contributed by atoms with Gasteiger partial charge in [0.15, 0.2) is 5.11 Å². The first-order valence-corrected chi connectivity index (χ1v) is 8.17. The molecule has 128 valence electrons. The van der Waals surface area contributed by atoms with Gasteiger partial charge in [-0.3, -0.25) is 9.69 Å². The minimum Gasteiger partial charge on any atom is -0.497 e. The summed E-state index contributed by atoms with van der Waals surface area (Å²) in [5.74, 6) is 1.02. The van der Waals surface area contributed by atoms with Gasteiger partial charge in [0, 0.05) is 16.7 Å². The third-order valence-corrected chi connectivity index (χ3v) is 4.24. The Morgan fingerprint density at radius 1 is 1.12 bits per heavy atom. The van der Waals surface area contributed by atoms with Crippen molar-refractivity contribution in [2.24, 2.45) is 0 Å². The first kappa shape index (κ1) is 17.3. The lowest BCUT2D eigenvalue weighted by atomic mass is 10.1. The molecule has 1 saturated heterocycles. The van der Waals surface area contributed by atoms with Crippen molar-refractivity contribution in [3.05, 3.63) is 58.7 Å². The Morgan fingerprint density at radius 2 is 1.84 bits per heavy atom. The predicted octanol–water partition coefficient (Wildman–Crippen LogP) is 3.62. The largest absolute Gasteiger partial charge is 0.497 e. The summed E-state index contributed by atoms with van der Waals surface area (Å²) in [5, 5.41) is 3.85. The minimum absolute atomic E-state index is 0.245. The van der Waals surface area contributed by atoms with Gasteiger partial charge in [0.2, 0.25) is 0 Å². The van der Waals surface area contributed by atoms with Crippen LogP contribution in [0.2, 0.25) is 5.02 Å². The number of anilines is 1. The van der Waals surface area contributed by atoms with Crippen molar-refractivity contribution >= 4 is 46.6 Å². The second-order valence-electron chi connectivity index (χ2n) is 5.21. The van der Waals surface area contributed by atoms with Gasteiger partial charge < -0.3 is 14.8 Å². The van der Waals surface area contributed by atoms with Crippen molar-refractivity contribution in [1.82, 2.24) is 5.32 Å². The van der Waals surface area contributed by atoms with Gasteiger partial charge in [-0.2, -0.15) is 0 Å². The number of nitrogens with zero attached hydrogens (tertiary/aromatic N) is 1. The number of carbonyl (C=O) groups excluding carboxylic acids is 1. The van der Waals surface area contributed by atoms with E-state index in [0.717, 1.165) is 5.56 Å². The van der Waals surface area contributed by atoms with E-state index >= 15 is 0 Å². The molecule has 0 atom stereocenters. The van der Waals surface area contributed by atoms with E-state index in [1.54, 1.807) is 56.7 Å². The van der Waals surface area contributed by atoms with Crippen molar-refractivity contribution in [2.75, 3.05) is 19.1 Å². The molecule has 2 aromatic rings. The fourth-order valence-electron chi connectivity index (χ4n) is 2.45. The van der Waals surface area contributed by atoms with Crippen LogP contribution in [-0.2, 0) is 4.79 Å². The van der Waals surface area contributed by atoms with Crippen molar-refractivity contribution in [2.45, 2.75) is 0 Å². The van der Waals surface area contributed by atoms with E-state index in [1.165, 1.54) is 4.90 Å². The molecule has 0 saturated carbocycles. The molecule has 7 heteroatoms. The van der Waals surface area contributed by atoms with E-state index in [-0.39, 0.29) is 5.91 Å². The molecule has 0 aliphatic carbocycles. The number of benzene rings is 2. The second-order valence-corrected chi connectivity index (χ2v) is 6.04. The zero-order valence-corrected chi connectivity index (χ0v) is 15.1. The Kier molecular flexibility index (Phi) is 4.92. The van der Waals surface area contributed by atoms with Crippen molar-refractivity contribution in [3.8, 4) is 11.5 Å². The van der Waals surface area contributed by atoms with E-state index in [1.807, 2.05) is 6.07 Å². The van der Waals surface area contributed by atoms with Crippen LogP contribution in [0.1, 0.15) is 5.56 Å². The van der Waals surface area contributed by atoms with Crippen LogP contribution in [0, 0.1) is 0 Å². The first-order valence-electron chi connectivity index (χ1n) is 7.38. The summed E-state index contributed by atoms with van der Waals surface area (Å²) in [5.41, 5.74) is 1.75. The molecule has 0 unspecified atom stereocenters. The molecule has 1 amide bonds. The van der Waals surface area contributed by atoms with Gasteiger partial charge in [-0.15, -0.1) is 0 Å². The molecule has 5 nitrogen and oxygen atoms in total. The Bertz CT molecular complexity index is 865. The van der Waals surface area contributed by atoms with Gasteiger partial charge in [-0.05, 0) is 54.7 Å². The SMILES string of the molecule is COc1ccc(/C=C2/NC(=S)N(c3ccc(Cl)cc3)C2=O)c(OC)c1. The number of nitrogens with one attached hydrogen (secondary N) is 1. The van der Waals surface area contributed by atoms with Gasteiger partial charge in [0.1, 0.15) is 17.2 Å². The standard InChI is InChI=1S/C18H15ClN2O3S/c1-23-14-8-3-11(16(10-14)24-2)9-15-17(22)21(18(25)20-15)13-6-4-12(19)5-7-13/h3-10H,1-2H3,(H,20,25)/b15-9+. The highest BCUT2D eigenvalue weighted by Gasteiger charge is 2.32. The third kappa shape index (κ3) is 3.45. The summed E-state index contributed by atoms with van der Waals surface area (Å²) in [4.78, 5) is 14.2. The van der Waals surface area contributed by atoms with Crippen LogP contribution in [0.15, 0.2) is 48.2 Å². The number of hydrogen-bond donors (Lipinski definition) is 1. The maximum atomic E-state index is 12.7. The number of methoxy groups -OCH3 is 2. The predicted molar refractivity (Wildman–Crippen MR) is 102 cm³/mol. The monoisotopic (exact) mass is 374 g/mol. The fraction of sp³-hybridized carbons (Fsp3) is 0.111. The average Bonchev–Trinajstić information content (AvgIpc) is 2.90. The molecule has 1 aliphatic rings. The number of halogens is 1. The number of ether oxygens (including phenoxy) is 2. The summed E-state index contributed by atoms with van der Waals surface area (Å²) >= 11 is 11.2. The average molecular weight is 375 g/mol. The third-order valence-electron chi connectivity index (χ3n) is 3.70. The lowest BCUT2D eigenvalue weighted by Crippen LogP contribution is -2.30. The fourth-order valence-corrected chi connectivity index (χ4v) is 2.88. The summed E-state index contributed by atoms with van der Waals surface area (Å²) in [6.07, 6.45) is 1.70. The van der Waals surface area contributed by atoms with Crippen molar-refractivity contribution < 1.29 is 14.3 Å². The highest BCUT2D eigenvalue weighted by molar-refractivity contribution is 7.80. The van der Waals surface area contributed by atoms with Crippen LogP contribution < -0.4 is 19.7 Å². The summed E-state index contributed by atoms with van der Waals surface area (Å²) in [7, 11) is 3.14. The Hall–Kier alpha value is -2.57. The molecule has 1 N–H and O–H groups in total. The van der Waals surface area contributed by atoms with Crippen LogP contribution in [-0.4, -0.2) is 25.2 Å². The topological polar surface area (TPSA) is 50.8 Å². The maximum Gasteiger partial charge on any atom is 0.281 e. The first-order chi connectivity index (χ1) is 12.0. The lowest BCUT2D eigenvalue weighted by molar-refractivity contribution is -0.113.